The van der Waals surface area contributed by atoms with Crippen molar-refractivity contribution in [1.29, 1.82) is 0 Å². The van der Waals surface area contributed by atoms with E-state index in [9.17, 15) is 9.90 Å². The molecule has 0 aliphatic carbocycles. The molecule has 0 aromatic rings. The number of allylic oxidation sites excluding steroid dienone is 4. The van der Waals surface area contributed by atoms with Gasteiger partial charge in [-0.2, -0.15) is 0 Å². The van der Waals surface area contributed by atoms with Crippen molar-refractivity contribution in [3.05, 3.63) is 24.3 Å². The maximum atomic E-state index is 12.1. The van der Waals surface area contributed by atoms with Gasteiger partial charge in [-0.3, -0.25) is 4.79 Å². The van der Waals surface area contributed by atoms with Gasteiger partial charge in [-0.05, 0) is 44.9 Å². The number of hydrogen-bond donors (Lipinski definition) is 1. The summed E-state index contributed by atoms with van der Waals surface area (Å²) < 4.78 is 11.1. The molecule has 0 spiro atoms. The minimum atomic E-state index is -0.531. The third-order valence-electron chi connectivity index (χ3n) is 8.03. The van der Waals surface area contributed by atoms with Gasteiger partial charge in [-0.25, -0.2) is 0 Å². The van der Waals surface area contributed by atoms with Crippen LogP contribution >= 0.6 is 0 Å². The molecule has 0 amide bonds. The lowest BCUT2D eigenvalue weighted by Gasteiger charge is -2.16. The van der Waals surface area contributed by atoms with Crippen LogP contribution in [0.2, 0.25) is 0 Å². The molecular weight excluding hydrogens is 520 g/mol. The smallest absolute Gasteiger partial charge is 0.306 e. The minimum absolute atomic E-state index is 0.171. The molecule has 248 valence electrons. The molecule has 0 saturated heterocycles. The topological polar surface area (TPSA) is 55.8 Å². The Labute approximate surface area is 262 Å². The van der Waals surface area contributed by atoms with Gasteiger partial charge in [-0.15, -0.1) is 0 Å². The molecule has 0 fully saturated rings. The number of carbonyl (C=O) groups is 1. The van der Waals surface area contributed by atoms with Crippen LogP contribution in [0.3, 0.4) is 0 Å². The molecule has 1 N–H and O–H groups in total. The van der Waals surface area contributed by atoms with Crippen molar-refractivity contribution >= 4 is 5.97 Å². The fourth-order valence-electron chi connectivity index (χ4n) is 5.24. The van der Waals surface area contributed by atoms with Crippen LogP contribution in [-0.2, 0) is 14.3 Å². The van der Waals surface area contributed by atoms with Crippen LogP contribution in [0.4, 0.5) is 0 Å². The maximum absolute atomic E-state index is 12.1. The molecule has 0 rings (SSSR count). The summed E-state index contributed by atoms with van der Waals surface area (Å²) in [6.07, 6.45) is 42.2. The van der Waals surface area contributed by atoms with Gasteiger partial charge >= 0.3 is 5.97 Å². The SMILES string of the molecule is CCCCCC/C=C\C/C=C\CCCCCCCCCCOCC(CO)OC(=O)CCCCCCCCCCCCC. The highest BCUT2D eigenvalue weighted by Gasteiger charge is 2.13. The van der Waals surface area contributed by atoms with Crippen LogP contribution in [0.5, 0.6) is 0 Å². The van der Waals surface area contributed by atoms with E-state index in [0.717, 1.165) is 25.7 Å². The molecule has 42 heavy (non-hydrogen) atoms. The Balaban J connectivity index is 3.42. The number of carbonyl (C=O) groups excluding carboxylic acids is 1. The normalized spacial score (nSPS) is 12.5. The Morgan fingerprint density at radius 2 is 1.00 bits per heavy atom. The molecule has 0 saturated carbocycles. The van der Waals surface area contributed by atoms with E-state index in [2.05, 4.69) is 38.2 Å². The fourth-order valence-corrected chi connectivity index (χ4v) is 5.24. The lowest BCUT2D eigenvalue weighted by atomic mass is 10.1. The second-order valence-electron chi connectivity index (χ2n) is 12.3. The van der Waals surface area contributed by atoms with Crippen molar-refractivity contribution in [2.75, 3.05) is 19.8 Å². The predicted octanol–water partition coefficient (Wildman–Crippen LogP) is 11.6. The number of aliphatic hydroxyl groups is 1. The molecule has 0 aromatic heterocycles. The third-order valence-corrected chi connectivity index (χ3v) is 8.03. The molecule has 0 heterocycles. The van der Waals surface area contributed by atoms with Gasteiger partial charge < -0.3 is 14.6 Å². The first-order valence-corrected chi connectivity index (χ1v) is 18.4. The zero-order chi connectivity index (χ0) is 30.6. The highest BCUT2D eigenvalue weighted by atomic mass is 16.6. The summed E-state index contributed by atoms with van der Waals surface area (Å²) in [5.74, 6) is -0.203. The number of hydrogen-bond acceptors (Lipinski definition) is 4. The van der Waals surface area contributed by atoms with Crippen LogP contribution in [-0.4, -0.2) is 37.0 Å². The summed E-state index contributed by atoms with van der Waals surface area (Å²) in [5, 5.41) is 9.54. The number of esters is 1. The van der Waals surface area contributed by atoms with Crippen molar-refractivity contribution in [2.45, 2.75) is 193 Å². The second kappa shape index (κ2) is 36.1. The average Bonchev–Trinajstić information content (AvgIpc) is 3.00. The van der Waals surface area contributed by atoms with Crippen molar-refractivity contribution in [3.8, 4) is 0 Å². The molecule has 4 nitrogen and oxygen atoms in total. The van der Waals surface area contributed by atoms with Crippen LogP contribution in [0.25, 0.3) is 0 Å². The Hall–Kier alpha value is -1.13. The molecular formula is C38H72O4. The van der Waals surface area contributed by atoms with Crippen LogP contribution in [0.1, 0.15) is 187 Å². The standard InChI is InChI=1S/C38H72O4/c1-3-5-7-9-11-13-15-16-17-18-19-20-21-22-24-26-28-30-32-34-41-36-37(35-39)42-38(40)33-31-29-27-25-23-14-12-10-8-6-4-2/h13,15,17-18,37,39H,3-12,14,16,19-36H2,1-2H3/b15-13-,18-17-. The molecule has 0 aliphatic rings. The zero-order valence-electron chi connectivity index (χ0n) is 28.3. The average molecular weight is 593 g/mol. The number of aliphatic hydroxyl groups excluding tert-OH is 1. The van der Waals surface area contributed by atoms with Crippen molar-refractivity contribution < 1.29 is 19.4 Å². The monoisotopic (exact) mass is 593 g/mol. The Kier molecular flexibility index (Phi) is 35.1. The van der Waals surface area contributed by atoms with E-state index < -0.39 is 6.10 Å². The Morgan fingerprint density at radius 3 is 1.50 bits per heavy atom. The van der Waals surface area contributed by atoms with Gasteiger partial charge in [0.1, 0.15) is 6.10 Å². The van der Waals surface area contributed by atoms with E-state index in [0.29, 0.717) is 19.6 Å². The molecule has 0 aromatic carbocycles. The van der Waals surface area contributed by atoms with Crippen molar-refractivity contribution in [1.82, 2.24) is 0 Å². The minimum Gasteiger partial charge on any atom is -0.457 e. The van der Waals surface area contributed by atoms with E-state index in [1.807, 2.05) is 0 Å². The Morgan fingerprint density at radius 1 is 0.571 bits per heavy atom. The molecule has 1 unspecified atom stereocenters. The third kappa shape index (κ3) is 33.4. The Bertz CT molecular complexity index is 586. The van der Waals surface area contributed by atoms with Crippen LogP contribution < -0.4 is 0 Å². The summed E-state index contributed by atoms with van der Waals surface area (Å²) in [6.45, 7) is 5.32. The first-order valence-electron chi connectivity index (χ1n) is 18.4. The largest absolute Gasteiger partial charge is 0.457 e. The van der Waals surface area contributed by atoms with Crippen LogP contribution in [0.15, 0.2) is 24.3 Å². The predicted molar refractivity (Wildman–Crippen MR) is 182 cm³/mol. The molecule has 0 bridgehead atoms. The molecule has 0 aliphatic heterocycles. The van der Waals surface area contributed by atoms with Crippen molar-refractivity contribution in [3.63, 3.8) is 0 Å². The van der Waals surface area contributed by atoms with Gasteiger partial charge in [0.2, 0.25) is 0 Å². The van der Waals surface area contributed by atoms with E-state index in [1.165, 1.54) is 141 Å². The van der Waals surface area contributed by atoms with Crippen molar-refractivity contribution in [2.24, 2.45) is 0 Å². The van der Waals surface area contributed by atoms with Gasteiger partial charge in [-0.1, -0.05) is 160 Å². The highest BCUT2D eigenvalue weighted by Crippen LogP contribution is 2.13. The zero-order valence-corrected chi connectivity index (χ0v) is 28.3. The number of rotatable bonds is 34. The molecule has 1 atom stereocenters. The summed E-state index contributed by atoms with van der Waals surface area (Å²) >= 11 is 0. The van der Waals surface area contributed by atoms with E-state index >= 15 is 0 Å². The first-order chi connectivity index (χ1) is 20.7. The number of ether oxygens (including phenoxy) is 2. The highest BCUT2D eigenvalue weighted by molar-refractivity contribution is 5.69. The maximum Gasteiger partial charge on any atom is 0.306 e. The molecule has 4 heteroatoms. The van der Waals surface area contributed by atoms with Gasteiger partial charge in [0.25, 0.3) is 0 Å². The summed E-state index contributed by atoms with van der Waals surface area (Å²) in [6, 6.07) is 0. The van der Waals surface area contributed by atoms with Crippen LogP contribution in [0, 0.1) is 0 Å². The van der Waals surface area contributed by atoms with Gasteiger partial charge in [0.05, 0.1) is 13.2 Å². The quantitative estimate of drug-likeness (QED) is 0.0459. The summed E-state index contributed by atoms with van der Waals surface area (Å²) in [5.41, 5.74) is 0. The van der Waals surface area contributed by atoms with E-state index in [4.69, 9.17) is 9.47 Å². The van der Waals surface area contributed by atoms with E-state index in [-0.39, 0.29) is 12.6 Å². The number of unbranched alkanes of at least 4 members (excludes halogenated alkanes) is 22. The lowest BCUT2D eigenvalue weighted by molar-refractivity contribution is -0.154. The summed E-state index contributed by atoms with van der Waals surface area (Å²) in [4.78, 5) is 12.1. The lowest BCUT2D eigenvalue weighted by Crippen LogP contribution is -2.27. The van der Waals surface area contributed by atoms with Gasteiger partial charge in [0, 0.05) is 13.0 Å². The first kappa shape index (κ1) is 40.9. The summed E-state index contributed by atoms with van der Waals surface area (Å²) in [7, 11) is 0. The molecule has 0 radical (unpaired) electrons. The fraction of sp³-hybridized carbons (Fsp3) is 0.868. The van der Waals surface area contributed by atoms with E-state index in [1.54, 1.807) is 0 Å². The second-order valence-corrected chi connectivity index (χ2v) is 12.3. The van der Waals surface area contributed by atoms with Gasteiger partial charge in [0.15, 0.2) is 0 Å².